The van der Waals surface area contributed by atoms with Crippen molar-refractivity contribution in [3.8, 4) is 0 Å². The summed E-state index contributed by atoms with van der Waals surface area (Å²) in [6, 6.07) is 6.76. The molecule has 2 rings (SSSR count). The van der Waals surface area contributed by atoms with E-state index in [0.717, 1.165) is 25.3 Å². The number of rotatable bonds is 6. The van der Waals surface area contributed by atoms with Crippen LogP contribution >= 0.6 is 0 Å². The van der Waals surface area contributed by atoms with Gasteiger partial charge in [-0.3, -0.25) is 4.68 Å². The van der Waals surface area contributed by atoms with Crippen LogP contribution in [-0.4, -0.2) is 21.3 Å². The molecule has 1 N–H and O–H groups in total. The number of likely N-dealkylation sites (N-methyl/N-ethyl adjacent to an activating group) is 1. The predicted octanol–water partition coefficient (Wildman–Crippen LogP) is 2.81. The molecule has 1 atom stereocenters. The van der Waals surface area contributed by atoms with Gasteiger partial charge in [0.1, 0.15) is 12.2 Å². The first kappa shape index (κ1) is 14.7. The molecule has 1 aromatic heterocycles. The first-order valence-electron chi connectivity index (χ1n) is 7.33. The summed E-state index contributed by atoms with van der Waals surface area (Å²) >= 11 is 0. The third-order valence-electron chi connectivity index (χ3n) is 3.72. The number of hydrogen-bond donors (Lipinski definition) is 1. The van der Waals surface area contributed by atoms with E-state index >= 15 is 0 Å². The molecule has 0 saturated carbocycles. The van der Waals surface area contributed by atoms with Crippen LogP contribution in [0.3, 0.4) is 0 Å². The maximum atomic E-state index is 4.41. The van der Waals surface area contributed by atoms with Crippen molar-refractivity contribution in [2.24, 2.45) is 0 Å². The minimum absolute atomic E-state index is 0.288. The maximum absolute atomic E-state index is 4.41. The third-order valence-corrected chi connectivity index (χ3v) is 3.72. The zero-order chi connectivity index (χ0) is 14.5. The number of nitrogens with one attached hydrogen (secondary N) is 1. The third kappa shape index (κ3) is 3.07. The lowest BCUT2D eigenvalue weighted by Crippen LogP contribution is -2.26. The zero-order valence-corrected chi connectivity index (χ0v) is 12.8. The van der Waals surface area contributed by atoms with Gasteiger partial charge in [0.25, 0.3) is 0 Å². The molecule has 0 fully saturated rings. The van der Waals surface area contributed by atoms with Crippen LogP contribution in [0.1, 0.15) is 42.4 Å². The van der Waals surface area contributed by atoms with Crippen molar-refractivity contribution in [2.45, 2.75) is 46.7 Å². The molecule has 0 aliphatic carbocycles. The Balaban J connectivity index is 2.32. The standard InChI is InChI=1S/C16H24N4/c1-5-17-14(10-15-18-11-19-20(15)6-2)16-12(3)8-7-9-13(16)4/h7-9,11,14,17H,5-6,10H2,1-4H3. The molecular weight excluding hydrogens is 248 g/mol. The van der Waals surface area contributed by atoms with Gasteiger partial charge < -0.3 is 5.32 Å². The second-order valence-corrected chi connectivity index (χ2v) is 5.11. The highest BCUT2D eigenvalue weighted by molar-refractivity contribution is 5.36. The van der Waals surface area contributed by atoms with Gasteiger partial charge in [0.2, 0.25) is 0 Å². The lowest BCUT2D eigenvalue weighted by molar-refractivity contribution is 0.506. The summed E-state index contributed by atoms with van der Waals surface area (Å²) in [6.07, 6.45) is 2.51. The number of aromatic nitrogens is 3. The van der Waals surface area contributed by atoms with Gasteiger partial charge in [-0.15, -0.1) is 0 Å². The molecule has 0 aliphatic heterocycles. The van der Waals surface area contributed by atoms with Gasteiger partial charge in [0, 0.05) is 19.0 Å². The van der Waals surface area contributed by atoms with E-state index in [2.05, 4.69) is 61.3 Å². The van der Waals surface area contributed by atoms with Crippen LogP contribution in [0.25, 0.3) is 0 Å². The fourth-order valence-electron chi connectivity index (χ4n) is 2.79. The van der Waals surface area contributed by atoms with Gasteiger partial charge in [-0.1, -0.05) is 25.1 Å². The average Bonchev–Trinajstić information content (AvgIpc) is 2.86. The lowest BCUT2D eigenvalue weighted by Gasteiger charge is -2.22. The van der Waals surface area contributed by atoms with E-state index < -0.39 is 0 Å². The summed E-state index contributed by atoms with van der Waals surface area (Å²) < 4.78 is 1.97. The van der Waals surface area contributed by atoms with E-state index in [1.165, 1.54) is 16.7 Å². The van der Waals surface area contributed by atoms with E-state index in [0.29, 0.717) is 0 Å². The van der Waals surface area contributed by atoms with Crippen LogP contribution in [0.5, 0.6) is 0 Å². The molecule has 0 saturated heterocycles. The summed E-state index contributed by atoms with van der Waals surface area (Å²) in [6.45, 7) is 10.4. The van der Waals surface area contributed by atoms with Crippen LogP contribution in [0.2, 0.25) is 0 Å². The SMILES string of the molecule is CCNC(Cc1ncnn1CC)c1c(C)cccc1C. The van der Waals surface area contributed by atoms with Crippen molar-refractivity contribution in [3.63, 3.8) is 0 Å². The fraction of sp³-hybridized carbons (Fsp3) is 0.500. The molecule has 108 valence electrons. The maximum Gasteiger partial charge on any atom is 0.138 e. The van der Waals surface area contributed by atoms with E-state index in [4.69, 9.17) is 0 Å². The van der Waals surface area contributed by atoms with E-state index in [1.54, 1.807) is 6.33 Å². The van der Waals surface area contributed by atoms with Crippen molar-refractivity contribution >= 4 is 0 Å². The molecule has 2 aromatic rings. The Kier molecular flexibility index (Phi) is 4.90. The molecule has 0 amide bonds. The Morgan fingerprint density at radius 2 is 1.90 bits per heavy atom. The molecule has 0 radical (unpaired) electrons. The number of benzene rings is 1. The Bertz CT molecular complexity index is 539. The van der Waals surface area contributed by atoms with E-state index in [1.807, 2.05) is 4.68 Å². The van der Waals surface area contributed by atoms with Gasteiger partial charge in [-0.2, -0.15) is 5.10 Å². The Morgan fingerprint density at radius 1 is 1.20 bits per heavy atom. The molecule has 0 bridgehead atoms. The molecule has 4 nitrogen and oxygen atoms in total. The first-order chi connectivity index (χ1) is 9.67. The normalized spacial score (nSPS) is 12.6. The molecule has 1 heterocycles. The fourth-order valence-corrected chi connectivity index (χ4v) is 2.79. The van der Waals surface area contributed by atoms with Crippen molar-refractivity contribution in [2.75, 3.05) is 6.54 Å². The van der Waals surface area contributed by atoms with Crippen LogP contribution in [0.4, 0.5) is 0 Å². The highest BCUT2D eigenvalue weighted by atomic mass is 15.3. The van der Waals surface area contributed by atoms with Crippen molar-refractivity contribution < 1.29 is 0 Å². The summed E-state index contributed by atoms with van der Waals surface area (Å²) in [5.74, 6) is 1.04. The first-order valence-corrected chi connectivity index (χ1v) is 7.33. The second-order valence-electron chi connectivity index (χ2n) is 5.11. The minimum Gasteiger partial charge on any atom is -0.310 e. The lowest BCUT2D eigenvalue weighted by atomic mass is 9.94. The van der Waals surface area contributed by atoms with Crippen molar-refractivity contribution in [1.29, 1.82) is 0 Å². The van der Waals surface area contributed by atoms with Gasteiger partial charge in [-0.05, 0) is 44.0 Å². The predicted molar refractivity (Wildman–Crippen MR) is 81.7 cm³/mol. The Hall–Kier alpha value is -1.68. The van der Waals surface area contributed by atoms with Gasteiger partial charge in [0.15, 0.2) is 0 Å². The summed E-state index contributed by atoms with van der Waals surface area (Å²) in [5.41, 5.74) is 4.05. The average molecular weight is 272 g/mol. The highest BCUT2D eigenvalue weighted by Gasteiger charge is 2.18. The minimum atomic E-state index is 0.288. The zero-order valence-electron chi connectivity index (χ0n) is 12.8. The number of hydrogen-bond acceptors (Lipinski definition) is 3. The molecule has 20 heavy (non-hydrogen) atoms. The number of aryl methyl sites for hydroxylation is 3. The van der Waals surface area contributed by atoms with Crippen LogP contribution < -0.4 is 5.32 Å². The molecule has 1 unspecified atom stereocenters. The monoisotopic (exact) mass is 272 g/mol. The van der Waals surface area contributed by atoms with Crippen LogP contribution in [0.15, 0.2) is 24.5 Å². The van der Waals surface area contributed by atoms with E-state index in [-0.39, 0.29) is 6.04 Å². The van der Waals surface area contributed by atoms with E-state index in [9.17, 15) is 0 Å². The summed E-state index contributed by atoms with van der Waals surface area (Å²) in [4.78, 5) is 4.41. The van der Waals surface area contributed by atoms with Crippen molar-refractivity contribution in [3.05, 3.63) is 47.0 Å². The van der Waals surface area contributed by atoms with Gasteiger partial charge >= 0.3 is 0 Å². The Labute approximate surface area is 121 Å². The summed E-state index contributed by atoms with van der Waals surface area (Å²) in [5, 5.41) is 7.85. The molecule has 4 heteroatoms. The highest BCUT2D eigenvalue weighted by Crippen LogP contribution is 2.24. The second kappa shape index (κ2) is 6.66. The van der Waals surface area contributed by atoms with Crippen LogP contribution in [-0.2, 0) is 13.0 Å². The molecule has 0 spiro atoms. The topological polar surface area (TPSA) is 42.7 Å². The number of nitrogens with zero attached hydrogens (tertiary/aromatic N) is 3. The molecular formula is C16H24N4. The van der Waals surface area contributed by atoms with Gasteiger partial charge in [-0.25, -0.2) is 4.98 Å². The Morgan fingerprint density at radius 3 is 2.50 bits per heavy atom. The van der Waals surface area contributed by atoms with Crippen LogP contribution in [0, 0.1) is 13.8 Å². The molecule has 0 aliphatic rings. The summed E-state index contributed by atoms with van der Waals surface area (Å²) in [7, 11) is 0. The largest absolute Gasteiger partial charge is 0.310 e. The smallest absolute Gasteiger partial charge is 0.138 e. The van der Waals surface area contributed by atoms with Crippen molar-refractivity contribution in [1.82, 2.24) is 20.1 Å². The van der Waals surface area contributed by atoms with Gasteiger partial charge in [0.05, 0.1) is 0 Å². The molecule has 1 aromatic carbocycles. The quantitative estimate of drug-likeness (QED) is 0.879.